The number of allylic oxidation sites excluding steroid dienone is 2. The fourth-order valence-electron chi connectivity index (χ4n) is 1.85. The maximum atomic E-state index is 5.59. The molecule has 2 aliphatic rings. The Hall–Kier alpha value is -0.820. The van der Waals surface area contributed by atoms with Crippen molar-refractivity contribution in [1.82, 2.24) is 0 Å². The van der Waals surface area contributed by atoms with E-state index < -0.39 is 0 Å². The van der Waals surface area contributed by atoms with E-state index in [4.69, 9.17) is 9.47 Å². The minimum Gasteiger partial charge on any atom is -0.347 e. The van der Waals surface area contributed by atoms with Gasteiger partial charge in [-0.2, -0.15) is 0 Å². The molecule has 0 atom stereocenters. The molecule has 0 radical (unpaired) electrons. The summed E-state index contributed by atoms with van der Waals surface area (Å²) in [7, 11) is 0. The Morgan fingerprint density at radius 1 is 1.46 bits per heavy atom. The molecule has 0 aromatic rings. The van der Waals surface area contributed by atoms with E-state index in [1.807, 2.05) is 6.08 Å². The Bertz CT molecular complexity index is 266. The first kappa shape index (κ1) is 8.76. The van der Waals surface area contributed by atoms with E-state index in [9.17, 15) is 0 Å². The monoisotopic (exact) mass is 178 g/mol. The van der Waals surface area contributed by atoms with Crippen LogP contribution in [0.25, 0.3) is 0 Å². The molecule has 2 rings (SSSR count). The van der Waals surface area contributed by atoms with E-state index in [1.165, 1.54) is 5.57 Å². The standard InChI is InChI=1S/C11H14O2/c1-2-3-10-4-6-11(7-5-10)12-8-9-13-11/h3-4H,1,5-9H2. The first-order valence-electron chi connectivity index (χ1n) is 4.67. The van der Waals surface area contributed by atoms with E-state index >= 15 is 0 Å². The van der Waals surface area contributed by atoms with Crippen molar-refractivity contribution in [3.8, 4) is 0 Å². The van der Waals surface area contributed by atoms with Crippen LogP contribution in [-0.2, 0) is 9.47 Å². The maximum Gasteiger partial charge on any atom is 0.172 e. The van der Waals surface area contributed by atoms with Gasteiger partial charge in [0, 0.05) is 12.8 Å². The van der Waals surface area contributed by atoms with Crippen molar-refractivity contribution < 1.29 is 9.47 Å². The molecule has 0 amide bonds. The van der Waals surface area contributed by atoms with Crippen molar-refractivity contribution in [2.75, 3.05) is 13.2 Å². The first-order valence-corrected chi connectivity index (χ1v) is 4.67. The van der Waals surface area contributed by atoms with E-state index in [-0.39, 0.29) is 5.79 Å². The van der Waals surface area contributed by atoms with E-state index in [1.54, 1.807) is 0 Å². The molecule has 1 aliphatic carbocycles. The van der Waals surface area contributed by atoms with Gasteiger partial charge in [0.1, 0.15) is 0 Å². The highest BCUT2D eigenvalue weighted by Gasteiger charge is 2.37. The minimum atomic E-state index is -0.293. The molecule has 2 heteroatoms. The molecular weight excluding hydrogens is 164 g/mol. The molecule has 0 saturated carbocycles. The lowest BCUT2D eigenvalue weighted by Gasteiger charge is -2.29. The Labute approximate surface area is 78.5 Å². The van der Waals surface area contributed by atoms with E-state index in [0.29, 0.717) is 0 Å². The Kier molecular flexibility index (Phi) is 2.36. The van der Waals surface area contributed by atoms with Crippen molar-refractivity contribution >= 4 is 0 Å². The summed E-state index contributed by atoms with van der Waals surface area (Å²) in [5.74, 6) is -0.293. The summed E-state index contributed by atoms with van der Waals surface area (Å²) < 4.78 is 11.2. The smallest absolute Gasteiger partial charge is 0.172 e. The normalized spacial score (nSPS) is 25.4. The van der Waals surface area contributed by atoms with Crippen molar-refractivity contribution in [2.24, 2.45) is 0 Å². The molecule has 1 fully saturated rings. The molecule has 1 saturated heterocycles. The Morgan fingerprint density at radius 3 is 2.77 bits per heavy atom. The zero-order chi connectivity index (χ0) is 9.15. The highest BCUT2D eigenvalue weighted by atomic mass is 16.7. The van der Waals surface area contributed by atoms with Crippen LogP contribution in [0.1, 0.15) is 19.3 Å². The first-order chi connectivity index (χ1) is 6.35. The molecule has 70 valence electrons. The van der Waals surface area contributed by atoms with Crippen molar-refractivity contribution in [3.63, 3.8) is 0 Å². The number of ether oxygens (including phenoxy) is 2. The molecule has 0 aromatic heterocycles. The molecule has 0 N–H and O–H groups in total. The summed E-state index contributed by atoms with van der Waals surface area (Å²) in [6.07, 6.45) is 6.91. The second-order valence-electron chi connectivity index (χ2n) is 3.44. The largest absolute Gasteiger partial charge is 0.347 e. The number of hydrogen-bond donors (Lipinski definition) is 0. The number of hydrogen-bond acceptors (Lipinski definition) is 2. The van der Waals surface area contributed by atoms with Gasteiger partial charge in [0.2, 0.25) is 0 Å². The van der Waals surface area contributed by atoms with Gasteiger partial charge in [-0.25, -0.2) is 0 Å². The summed E-state index contributed by atoms with van der Waals surface area (Å²) in [4.78, 5) is 0. The molecule has 0 bridgehead atoms. The van der Waals surface area contributed by atoms with Gasteiger partial charge >= 0.3 is 0 Å². The van der Waals surface area contributed by atoms with Gasteiger partial charge in [-0.1, -0.05) is 12.7 Å². The lowest BCUT2D eigenvalue weighted by molar-refractivity contribution is -0.161. The topological polar surface area (TPSA) is 18.5 Å². The van der Waals surface area contributed by atoms with Gasteiger partial charge in [-0.05, 0) is 18.1 Å². The molecule has 1 spiro atoms. The third kappa shape index (κ3) is 1.75. The third-order valence-corrected chi connectivity index (χ3v) is 2.57. The lowest BCUT2D eigenvalue weighted by Crippen LogP contribution is -2.31. The Balaban J connectivity index is 2.05. The summed E-state index contributed by atoms with van der Waals surface area (Å²) in [5.41, 5.74) is 4.08. The molecule has 0 aromatic carbocycles. The van der Waals surface area contributed by atoms with Crippen LogP contribution in [0.4, 0.5) is 0 Å². The zero-order valence-electron chi connectivity index (χ0n) is 7.71. The maximum absolute atomic E-state index is 5.59. The summed E-state index contributed by atoms with van der Waals surface area (Å²) in [6, 6.07) is 0. The van der Waals surface area contributed by atoms with Gasteiger partial charge in [0.15, 0.2) is 5.79 Å². The van der Waals surface area contributed by atoms with Crippen molar-refractivity contribution in [2.45, 2.75) is 25.0 Å². The fourth-order valence-corrected chi connectivity index (χ4v) is 1.85. The summed E-state index contributed by atoms with van der Waals surface area (Å²) in [5, 5.41) is 0. The van der Waals surface area contributed by atoms with E-state index in [2.05, 4.69) is 18.4 Å². The number of rotatable bonds is 1. The molecular formula is C11H14O2. The van der Waals surface area contributed by atoms with Crippen LogP contribution in [0.5, 0.6) is 0 Å². The molecule has 1 heterocycles. The van der Waals surface area contributed by atoms with Crippen LogP contribution in [0.2, 0.25) is 0 Å². The molecule has 13 heavy (non-hydrogen) atoms. The molecule has 0 unspecified atom stereocenters. The SMILES string of the molecule is C=C=CC1=CCC2(CC1)OCCO2. The van der Waals surface area contributed by atoms with Gasteiger partial charge in [0.05, 0.1) is 13.2 Å². The quantitative estimate of drug-likeness (QED) is 0.573. The average Bonchev–Trinajstić information content (AvgIpc) is 2.59. The molecule has 1 aliphatic heterocycles. The summed E-state index contributed by atoms with van der Waals surface area (Å²) in [6.45, 7) is 5.03. The van der Waals surface area contributed by atoms with Crippen molar-refractivity contribution in [1.29, 1.82) is 0 Å². The van der Waals surface area contributed by atoms with Crippen molar-refractivity contribution in [3.05, 3.63) is 30.0 Å². The predicted molar refractivity (Wildman–Crippen MR) is 50.3 cm³/mol. The van der Waals surface area contributed by atoms with Crippen LogP contribution in [-0.4, -0.2) is 19.0 Å². The lowest BCUT2D eigenvalue weighted by atomic mass is 9.94. The molecule has 2 nitrogen and oxygen atoms in total. The van der Waals surface area contributed by atoms with Crippen LogP contribution >= 0.6 is 0 Å². The minimum absolute atomic E-state index is 0.293. The highest BCUT2D eigenvalue weighted by Crippen LogP contribution is 2.34. The van der Waals surface area contributed by atoms with Gasteiger partial charge in [0.25, 0.3) is 0 Å². The third-order valence-electron chi connectivity index (χ3n) is 2.57. The second-order valence-corrected chi connectivity index (χ2v) is 3.44. The van der Waals surface area contributed by atoms with Gasteiger partial charge in [-0.15, -0.1) is 5.73 Å². The highest BCUT2D eigenvalue weighted by molar-refractivity contribution is 5.21. The van der Waals surface area contributed by atoms with Crippen LogP contribution in [0, 0.1) is 0 Å². The van der Waals surface area contributed by atoms with Gasteiger partial charge < -0.3 is 9.47 Å². The zero-order valence-corrected chi connectivity index (χ0v) is 7.71. The average molecular weight is 178 g/mol. The van der Waals surface area contributed by atoms with Crippen LogP contribution < -0.4 is 0 Å². The predicted octanol–water partition coefficient (Wildman–Crippen LogP) is 2.18. The van der Waals surface area contributed by atoms with Crippen LogP contribution in [0.15, 0.2) is 30.0 Å². The second kappa shape index (κ2) is 3.51. The fraction of sp³-hybridized carbons (Fsp3) is 0.545. The summed E-state index contributed by atoms with van der Waals surface area (Å²) >= 11 is 0. The van der Waals surface area contributed by atoms with E-state index in [0.717, 1.165) is 32.5 Å². The van der Waals surface area contributed by atoms with Crippen LogP contribution in [0.3, 0.4) is 0 Å². The Morgan fingerprint density at radius 2 is 2.23 bits per heavy atom. The van der Waals surface area contributed by atoms with Gasteiger partial charge in [-0.3, -0.25) is 0 Å².